The number of carbonyl (C=O) groups excluding carboxylic acids is 2. The Labute approximate surface area is 130 Å². The van der Waals surface area contributed by atoms with Crippen LogP contribution in [-0.2, 0) is 19.1 Å². The largest absolute Gasteiger partial charge is 0.465 e. The molecular formula is C14H22N4O4. The molecule has 0 aromatic rings. The minimum atomic E-state index is -0.466. The lowest BCUT2D eigenvalue weighted by Crippen LogP contribution is -2.41. The Bertz CT molecular complexity index is 439. The maximum atomic E-state index is 11.8. The van der Waals surface area contributed by atoms with Crippen LogP contribution in [0.1, 0.15) is 6.92 Å². The van der Waals surface area contributed by atoms with Crippen molar-refractivity contribution in [2.24, 2.45) is 0 Å². The number of nitrogens with zero attached hydrogens (tertiary/aromatic N) is 2. The van der Waals surface area contributed by atoms with Crippen molar-refractivity contribution in [3.05, 3.63) is 11.8 Å². The summed E-state index contributed by atoms with van der Waals surface area (Å²) in [6, 6.07) is 1.80. The summed E-state index contributed by atoms with van der Waals surface area (Å²) in [5.41, 5.74) is -0.0775. The number of carbonyl (C=O) groups is 2. The average molecular weight is 310 g/mol. The molecule has 8 heteroatoms. The van der Waals surface area contributed by atoms with Gasteiger partial charge in [0.15, 0.2) is 0 Å². The van der Waals surface area contributed by atoms with E-state index in [1.54, 1.807) is 13.0 Å². The number of hydrogen-bond donors (Lipinski definition) is 2. The van der Waals surface area contributed by atoms with Crippen molar-refractivity contribution in [1.82, 2.24) is 15.5 Å². The van der Waals surface area contributed by atoms with Gasteiger partial charge in [-0.05, 0) is 6.92 Å². The summed E-state index contributed by atoms with van der Waals surface area (Å²) >= 11 is 0. The van der Waals surface area contributed by atoms with E-state index >= 15 is 0 Å². The third-order valence-corrected chi connectivity index (χ3v) is 2.98. The fraction of sp³-hybridized carbons (Fsp3) is 0.643. The van der Waals surface area contributed by atoms with Crippen LogP contribution < -0.4 is 10.6 Å². The summed E-state index contributed by atoms with van der Waals surface area (Å²) in [4.78, 5) is 25.1. The smallest absolute Gasteiger partial charge is 0.325 e. The van der Waals surface area contributed by atoms with Crippen LogP contribution in [-0.4, -0.2) is 69.3 Å². The molecule has 0 aliphatic carbocycles. The minimum Gasteiger partial charge on any atom is -0.465 e. The van der Waals surface area contributed by atoms with Gasteiger partial charge in [-0.3, -0.25) is 14.5 Å². The molecule has 0 radical (unpaired) electrons. The van der Waals surface area contributed by atoms with Crippen molar-refractivity contribution in [1.29, 1.82) is 5.26 Å². The van der Waals surface area contributed by atoms with Gasteiger partial charge >= 0.3 is 5.97 Å². The fourth-order valence-electron chi connectivity index (χ4n) is 1.84. The molecule has 0 atom stereocenters. The molecule has 1 aliphatic heterocycles. The lowest BCUT2D eigenvalue weighted by atomic mass is 10.3. The van der Waals surface area contributed by atoms with Gasteiger partial charge in [0.1, 0.15) is 18.2 Å². The van der Waals surface area contributed by atoms with Gasteiger partial charge in [0.2, 0.25) is 0 Å². The molecule has 1 rings (SSSR count). The summed E-state index contributed by atoms with van der Waals surface area (Å²) in [7, 11) is 0. The zero-order valence-electron chi connectivity index (χ0n) is 12.8. The Hall–Kier alpha value is -2.11. The number of rotatable bonds is 8. The molecule has 0 unspecified atom stereocenters. The van der Waals surface area contributed by atoms with Crippen LogP contribution in [0.15, 0.2) is 11.8 Å². The number of ether oxygens (including phenoxy) is 2. The molecular weight excluding hydrogens is 288 g/mol. The molecule has 0 saturated carbocycles. The zero-order valence-corrected chi connectivity index (χ0v) is 12.8. The first kappa shape index (κ1) is 17.9. The number of nitriles is 1. The van der Waals surface area contributed by atoms with E-state index in [1.165, 1.54) is 6.20 Å². The van der Waals surface area contributed by atoms with E-state index in [-0.39, 0.29) is 18.7 Å². The maximum absolute atomic E-state index is 11.8. The first-order valence-corrected chi connectivity index (χ1v) is 7.25. The molecule has 122 valence electrons. The second kappa shape index (κ2) is 10.6. The Morgan fingerprint density at radius 1 is 1.41 bits per heavy atom. The number of nitrogens with one attached hydrogen (secondary N) is 2. The molecule has 0 aromatic heterocycles. The summed E-state index contributed by atoms with van der Waals surface area (Å²) in [6.07, 6.45) is 1.22. The SMILES string of the molecule is CCOC(=O)CN/C=C(/C#N)C(=O)NCCN1CCOCC1. The molecule has 1 amide bonds. The number of esters is 1. The molecule has 1 aliphatic rings. The molecule has 1 heterocycles. The van der Waals surface area contributed by atoms with E-state index < -0.39 is 11.9 Å². The van der Waals surface area contributed by atoms with Crippen molar-refractivity contribution in [3.8, 4) is 6.07 Å². The van der Waals surface area contributed by atoms with Crippen LogP contribution in [0.25, 0.3) is 0 Å². The second-order valence-corrected chi connectivity index (χ2v) is 4.57. The molecule has 2 N–H and O–H groups in total. The van der Waals surface area contributed by atoms with Crippen LogP contribution >= 0.6 is 0 Å². The van der Waals surface area contributed by atoms with Crippen molar-refractivity contribution < 1.29 is 19.1 Å². The molecule has 0 bridgehead atoms. The number of hydrogen-bond acceptors (Lipinski definition) is 7. The third kappa shape index (κ3) is 7.06. The molecule has 0 spiro atoms. The Morgan fingerprint density at radius 2 is 2.14 bits per heavy atom. The van der Waals surface area contributed by atoms with E-state index in [1.807, 2.05) is 0 Å². The molecule has 1 saturated heterocycles. The van der Waals surface area contributed by atoms with Gasteiger partial charge in [-0.25, -0.2) is 0 Å². The average Bonchev–Trinajstić information content (AvgIpc) is 2.52. The van der Waals surface area contributed by atoms with Crippen LogP contribution in [0, 0.1) is 11.3 Å². The summed E-state index contributed by atoms with van der Waals surface area (Å²) in [5, 5.41) is 14.2. The van der Waals surface area contributed by atoms with Gasteiger partial charge in [-0.2, -0.15) is 5.26 Å². The van der Waals surface area contributed by atoms with E-state index in [4.69, 9.17) is 14.7 Å². The molecule has 0 aromatic carbocycles. The lowest BCUT2D eigenvalue weighted by molar-refractivity contribution is -0.141. The first-order valence-electron chi connectivity index (χ1n) is 7.25. The maximum Gasteiger partial charge on any atom is 0.325 e. The minimum absolute atomic E-state index is 0.0775. The number of amides is 1. The monoisotopic (exact) mass is 310 g/mol. The summed E-state index contributed by atoms with van der Waals surface area (Å²) in [6.45, 7) is 6.17. The Balaban J connectivity index is 2.27. The van der Waals surface area contributed by atoms with Crippen LogP contribution in [0.2, 0.25) is 0 Å². The van der Waals surface area contributed by atoms with E-state index in [9.17, 15) is 9.59 Å². The highest BCUT2D eigenvalue weighted by Crippen LogP contribution is 1.95. The Kier molecular flexibility index (Phi) is 8.64. The molecule has 8 nitrogen and oxygen atoms in total. The zero-order chi connectivity index (χ0) is 16.2. The summed E-state index contributed by atoms with van der Waals surface area (Å²) in [5.74, 6) is -0.907. The number of morpholine rings is 1. The highest BCUT2D eigenvalue weighted by atomic mass is 16.5. The van der Waals surface area contributed by atoms with Gasteiger partial charge in [-0.15, -0.1) is 0 Å². The predicted molar refractivity (Wildman–Crippen MR) is 78.6 cm³/mol. The normalized spacial score (nSPS) is 15.7. The summed E-state index contributed by atoms with van der Waals surface area (Å²) < 4.78 is 9.96. The predicted octanol–water partition coefficient (Wildman–Crippen LogP) is -1.01. The topological polar surface area (TPSA) is 104 Å². The highest BCUT2D eigenvalue weighted by Gasteiger charge is 2.12. The van der Waals surface area contributed by atoms with E-state index in [2.05, 4.69) is 15.5 Å². The second-order valence-electron chi connectivity index (χ2n) is 4.57. The van der Waals surface area contributed by atoms with Crippen LogP contribution in [0.5, 0.6) is 0 Å². The van der Waals surface area contributed by atoms with Crippen LogP contribution in [0.3, 0.4) is 0 Å². The van der Waals surface area contributed by atoms with E-state index in [0.29, 0.717) is 26.3 Å². The van der Waals surface area contributed by atoms with Gasteiger partial charge in [-0.1, -0.05) is 0 Å². The van der Waals surface area contributed by atoms with Gasteiger partial charge in [0, 0.05) is 32.4 Å². The third-order valence-electron chi connectivity index (χ3n) is 2.98. The molecule has 1 fully saturated rings. The quantitative estimate of drug-likeness (QED) is 0.336. The highest BCUT2D eigenvalue weighted by molar-refractivity contribution is 5.97. The van der Waals surface area contributed by atoms with Crippen molar-refractivity contribution in [2.45, 2.75) is 6.92 Å². The van der Waals surface area contributed by atoms with Gasteiger partial charge in [0.05, 0.1) is 19.8 Å². The lowest BCUT2D eigenvalue weighted by Gasteiger charge is -2.26. The van der Waals surface area contributed by atoms with Gasteiger partial charge < -0.3 is 20.1 Å². The van der Waals surface area contributed by atoms with Crippen molar-refractivity contribution >= 4 is 11.9 Å². The van der Waals surface area contributed by atoms with Crippen LogP contribution in [0.4, 0.5) is 0 Å². The fourth-order valence-corrected chi connectivity index (χ4v) is 1.84. The van der Waals surface area contributed by atoms with Crippen molar-refractivity contribution in [2.75, 3.05) is 52.5 Å². The Morgan fingerprint density at radius 3 is 2.77 bits per heavy atom. The molecule has 22 heavy (non-hydrogen) atoms. The first-order chi connectivity index (χ1) is 10.7. The van der Waals surface area contributed by atoms with Gasteiger partial charge in [0.25, 0.3) is 5.91 Å². The van der Waals surface area contributed by atoms with E-state index in [0.717, 1.165) is 13.1 Å². The van der Waals surface area contributed by atoms with Crippen molar-refractivity contribution in [3.63, 3.8) is 0 Å². The standard InChI is InChI=1S/C14H22N4O4/c1-2-22-13(19)11-16-10-12(9-15)14(20)17-3-4-18-5-7-21-8-6-18/h10,16H,2-8,11H2,1H3,(H,17,20)/b12-10-.